The summed E-state index contributed by atoms with van der Waals surface area (Å²) >= 11 is 0. The van der Waals surface area contributed by atoms with E-state index < -0.39 is 0 Å². The zero-order chi connectivity index (χ0) is 12.4. The predicted octanol–water partition coefficient (Wildman–Crippen LogP) is 1.16. The lowest BCUT2D eigenvalue weighted by atomic mass is 10.3. The van der Waals surface area contributed by atoms with E-state index in [1.165, 1.54) is 12.8 Å². The number of hydrogen-bond donors (Lipinski definition) is 0. The molecule has 0 bridgehead atoms. The summed E-state index contributed by atoms with van der Waals surface area (Å²) in [5, 5.41) is 0. The fraction of sp³-hybridized carbons (Fsp3) is 0.692. The molecule has 3 rings (SSSR count). The minimum atomic E-state index is 0.789. The second-order valence-electron chi connectivity index (χ2n) is 5.16. The first kappa shape index (κ1) is 11.7. The number of nitrogens with zero attached hydrogens (tertiary/aromatic N) is 4. The van der Waals surface area contributed by atoms with Crippen molar-refractivity contribution in [1.82, 2.24) is 9.97 Å². The Morgan fingerprint density at radius 3 is 2.83 bits per heavy atom. The quantitative estimate of drug-likeness (QED) is 0.800. The molecule has 1 saturated carbocycles. The van der Waals surface area contributed by atoms with Gasteiger partial charge in [0.05, 0.1) is 13.2 Å². The minimum Gasteiger partial charge on any atom is -0.378 e. The predicted molar refractivity (Wildman–Crippen MR) is 71.1 cm³/mol. The molecule has 0 atom stereocenters. The topological polar surface area (TPSA) is 41.5 Å². The molecule has 0 amide bonds. The van der Waals surface area contributed by atoms with Crippen LogP contribution in [0.1, 0.15) is 12.8 Å². The van der Waals surface area contributed by atoms with Gasteiger partial charge in [-0.1, -0.05) is 0 Å². The van der Waals surface area contributed by atoms with E-state index in [0.29, 0.717) is 0 Å². The van der Waals surface area contributed by atoms with Crippen molar-refractivity contribution in [1.29, 1.82) is 0 Å². The van der Waals surface area contributed by atoms with Crippen LogP contribution in [0, 0.1) is 5.92 Å². The van der Waals surface area contributed by atoms with Crippen LogP contribution in [-0.2, 0) is 4.74 Å². The van der Waals surface area contributed by atoms with Gasteiger partial charge in [0.15, 0.2) is 0 Å². The molecule has 0 unspecified atom stereocenters. The number of rotatable bonds is 4. The third-order valence-corrected chi connectivity index (χ3v) is 3.59. The van der Waals surface area contributed by atoms with Crippen LogP contribution in [0.2, 0.25) is 0 Å². The van der Waals surface area contributed by atoms with Crippen LogP contribution in [-0.4, -0.2) is 49.9 Å². The van der Waals surface area contributed by atoms with Gasteiger partial charge in [0.1, 0.15) is 18.0 Å². The first-order valence-corrected chi connectivity index (χ1v) is 6.69. The van der Waals surface area contributed by atoms with Crippen LogP contribution in [0.3, 0.4) is 0 Å². The summed E-state index contributed by atoms with van der Waals surface area (Å²) in [5.74, 6) is 2.92. The Kier molecular flexibility index (Phi) is 3.32. The van der Waals surface area contributed by atoms with E-state index in [1.807, 2.05) is 0 Å². The number of morpholine rings is 1. The van der Waals surface area contributed by atoms with Gasteiger partial charge in [-0.15, -0.1) is 0 Å². The molecule has 98 valence electrons. The fourth-order valence-electron chi connectivity index (χ4n) is 2.29. The molecular weight excluding hydrogens is 228 g/mol. The Balaban J connectivity index is 1.70. The molecule has 0 spiro atoms. The van der Waals surface area contributed by atoms with Gasteiger partial charge < -0.3 is 14.5 Å². The van der Waals surface area contributed by atoms with Crippen molar-refractivity contribution in [3.05, 3.63) is 12.4 Å². The normalized spacial score (nSPS) is 19.9. The largest absolute Gasteiger partial charge is 0.378 e. The molecule has 2 fully saturated rings. The van der Waals surface area contributed by atoms with Crippen LogP contribution in [0.4, 0.5) is 11.6 Å². The van der Waals surface area contributed by atoms with E-state index in [4.69, 9.17) is 4.74 Å². The standard InChI is InChI=1S/C13H20N4O/c1-16(9-11-2-3-11)12-8-13(15-10-14-12)17-4-6-18-7-5-17/h8,10-11H,2-7,9H2,1H3. The van der Waals surface area contributed by atoms with Crippen LogP contribution < -0.4 is 9.80 Å². The summed E-state index contributed by atoms with van der Waals surface area (Å²) in [4.78, 5) is 13.2. The molecular formula is C13H20N4O. The summed E-state index contributed by atoms with van der Waals surface area (Å²) in [7, 11) is 2.11. The zero-order valence-electron chi connectivity index (χ0n) is 10.9. The molecule has 1 saturated heterocycles. The lowest BCUT2D eigenvalue weighted by Gasteiger charge is -2.28. The molecule has 1 aliphatic carbocycles. The second kappa shape index (κ2) is 5.10. The highest BCUT2D eigenvalue weighted by Gasteiger charge is 2.23. The summed E-state index contributed by atoms with van der Waals surface area (Å²) < 4.78 is 5.36. The van der Waals surface area contributed by atoms with Gasteiger partial charge in [-0.3, -0.25) is 0 Å². The number of hydrogen-bond acceptors (Lipinski definition) is 5. The van der Waals surface area contributed by atoms with Crippen molar-refractivity contribution in [2.75, 3.05) is 49.7 Å². The Labute approximate surface area is 108 Å². The molecule has 1 aromatic heterocycles. The molecule has 18 heavy (non-hydrogen) atoms. The smallest absolute Gasteiger partial charge is 0.134 e. The Morgan fingerprint density at radius 2 is 2.11 bits per heavy atom. The number of aromatic nitrogens is 2. The van der Waals surface area contributed by atoms with E-state index in [1.54, 1.807) is 6.33 Å². The van der Waals surface area contributed by atoms with E-state index in [-0.39, 0.29) is 0 Å². The minimum absolute atomic E-state index is 0.789. The summed E-state index contributed by atoms with van der Waals surface area (Å²) in [6.07, 6.45) is 4.40. The van der Waals surface area contributed by atoms with E-state index in [0.717, 1.165) is 50.4 Å². The monoisotopic (exact) mass is 248 g/mol. The van der Waals surface area contributed by atoms with Crippen molar-refractivity contribution < 1.29 is 4.74 Å². The van der Waals surface area contributed by atoms with Gasteiger partial charge in [0.2, 0.25) is 0 Å². The summed E-state index contributed by atoms with van der Waals surface area (Å²) in [5.41, 5.74) is 0. The second-order valence-corrected chi connectivity index (χ2v) is 5.16. The third kappa shape index (κ3) is 2.72. The van der Waals surface area contributed by atoms with Crippen LogP contribution in [0.15, 0.2) is 12.4 Å². The molecule has 5 heteroatoms. The maximum atomic E-state index is 5.36. The molecule has 1 aromatic rings. The molecule has 0 N–H and O–H groups in total. The highest BCUT2D eigenvalue weighted by Crippen LogP contribution is 2.30. The highest BCUT2D eigenvalue weighted by molar-refractivity contribution is 5.50. The van der Waals surface area contributed by atoms with Crippen LogP contribution in [0.25, 0.3) is 0 Å². The van der Waals surface area contributed by atoms with Crippen LogP contribution in [0.5, 0.6) is 0 Å². The molecule has 0 radical (unpaired) electrons. The van der Waals surface area contributed by atoms with Gasteiger partial charge in [-0.25, -0.2) is 9.97 Å². The van der Waals surface area contributed by atoms with Crippen molar-refractivity contribution in [3.63, 3.8) is 0 Å². The third-order valence-electron chi connectivity index (χ3n) is 3.59. The molecule has 0 aromatic carbocycles. The maximum Gasteiger partial charge on any atom is 0.134 e. The van der Waals surface area contributed by atoms with Gasteiger partial charge in [-0.05, 0) is 18.8 Å². The zero-order valence-corrected chi connectivity index (χ0v) is 10.9. The van der Waals surface area contributed by atoms with Gasteiger partial charge >= 0.3 is 0 Å². The SMILES string of the molecule is CN(CC1CC1)c1cc(N2CCOCC2)ncn1. The molecule has 1 aliphatic heterocycles. The van der Waals surface area contributed by atoms with Crippen molar-refractivity contribution >= 4 is 11.6 Å². The lowest BCUT2D eigenvalue weighted by molar-refractivity contribution is 0.122. The van der Waals surface area contributed by atoms with Crippen molar-refractivity contribution in [2.45, 2.75) is 12.8 Å². The molecule has 2 aliphatic rings. The molecule has 5 nitrogen and oxygen atoms in total. The molecule has 2 heterocycles. The Hall–Kier alpha value is -1.36. The van der Waals surface area contributed by atoms with Gasteiger partial charge in [0.25, 0.3) is 0 Å². The van der Waals surface area contributed by atoms with E-state index in [9.17, 15) is 0 Å². The highest BCUT2D eigenvalue weighted by atomic mass is 16.5. The number of anilines is 2. The Bertz CT molecular complexity index is 402. The first-order chi connectivity index (χ1) is 8.83. The summed E-state index contributed by atoms with van der Waals surface area (Å²) in [6, 6.07) is 2.09. The average Bonchev–Trinajstić information content (AvgIpc) is 3.24. The average molecular weight is 248 g/mol. The fourth-order valence-corrected chi connectivity index (χ4v) is 2.29. The van der Waals surface area contributed by atoms with Gasteiger partial charge in [-0.2, -0.15) is 0 Å². The maximum absolute atomic E-state index is 5.36. The van der Waals surface area contributed by atoms with E-state index >= 15 is 0 Å². The lowest BCUT2D eigenvalue weighted by Crippen LogP contribution is -2.37. The summed E-state index contributed by atoms with van der Waals surface area (Å²) in [6.45, 7) is 4.53. The number of ether oxygens (including phenoxy) is 1. The van der Waals surface area contributed by atoms with Crippen molar-refractivity contribution in [3.8, 4) is 0 Å². The van der Waals surface area contributed by atoms with Crippen LogP contribution >= 0.6 is 0 Å². The Morgan fingerprint density at radius 1 is 1.33 bits per heavy atom. The van der Waals surface area contributed by atoms with Crippen molar-refractivity contribution in [2.24, 2.45) is 5.92 Å². The van der Waals surface area contributed by atoms with E-state index in [2.05, 4.69) is 32.9 Å². The van der Waals surface area contributed by atoms with Gasteiger partial charge in [0, 0.05) is 32.7 Å². The first-order valence-electron chi connectivity index (χ1n) is 6.69.